The first-order chi connectivity index (χ1) is 16.0. The Bertz CT molecular complexity index is 1090. The Labute approximate surface area is 202 Å². The van der Waals surface area contributed by atoms with Crippen molar-refractivity contribution in [1.82, 2.24) is 14.8 Å². The number of benzene rings is 2. The van der Waals surface area contributed by atoms with Gasteiger partial charge in [0.2, 0.25) is 5.91 Å². The summed E-state index contributed by atoms with van der Waals surface area (Å²) in [7, 11) is 0. The number of aromatic nitrogens is 1. The molecule has 2 amide bonds. The van der Waals surface area contributed by atoms with E-state index in [4.69, 9.17) is 16.3 Å². The smallest absolute Gasteiger partial charge is 0.253 e. The SMILES string of the molecule is CCc1ccc(C(=O)N2CCN(C(=O)Cc3csc(COc4ccc(Cl)cc4)n3)CC2)cc1. The van der Waals surface area contributed by atoms with Crippen LogP contribution in [0.2, 0.25) is 5.02 Å². The van der Waals surface area contributed by atoms with E-state index in [9.17, 15) is 9.59 Å². The van der Waals surface area contributed by atoms with Gasteiger partial charge in [-0.1, -0.05) is 30.7 Å². The second kappa shape index (κ2) is 10.8. The minimum atomic E-state index is 0.0228. The van der Waals surface area contributed by atoms with E-state index in [0.717, 1.165) is 22.9 Å². The molecule has 4 rings (SSSR count). The lowest BCUT2D eigenvalue weighted by molar-refractivity contribution is -0.132. The van der Waals surface area contributed by atoms with E-state index in [1.165, 1.54) is 16.9 Å². The summed E-state index contributed by atoms with van der Waals surface area (Å²) in [5.74, 6) is 0.778. The van der Waals surface area contributed by atoms with E-state index >= 15 is 0 Å². The predicted octanol–water partition coefficient (Wildman–Crippen LogP) is 4.47. The molecule has 0 atom stereocenters. The molecule has 0 N–H and O–H groups in total. The van der Waals surface area contributed by atoms with Crippen molar-refractivity contribution in [2.45, 2.75) is 26.4 Å². The average molecular weight is 484 g/mol. The molecule has 0 saturated carbocycles. The number of hydrogen-bond acceptors (Lipinski definition) is 5. The van der Waals surface area contributed by atoms with Crippen molar-refractivity contribution in [1.29, 1.82) is 0 Å². The fraction of sp³-hybridized carbons (Fsp3) is 0.320. The van der Waals surface area contributed by atoms with E-state index in [-0.39, 0.29) is 18.2 Å². The largest absolute Gasteiger partial charge is 0.486 e. The van der Waals surface area contributed by atoms with Crippen molar-refractivity contribution in [2.24, 2.45) is 0 Å². The summed E-state index contributed by atoms with van der Waals surface area (Å²) >= 11 is 7.36. The highest BCUT2D eigenvalue weighted by Gasteiger charge is 2.25. The number of nitrogens with zero attached hydrogens (tertiary/aromatic N) is 3. The Balaban J connectivity index is 1.24. The zero-order valence-corrected chi connectivity index (χ0v) is 20.1. The van der Waals surface area contributed by atoms with Gasteiger partial charge in [0.25, 0.3) is 5.91 Å². The van der Waals surface area contributed by atoms with E-state index in [2.05, 4.69) is 11.9 Å². The maximum absolute atomic E-state index is 12.7. The van der Waals surface area contributed by atoms with Crippen molar-refractivity contribution >= 4 is 34.8 Å². The zero-order chi connectivity index (χ0) is 23.2. The van der Waals surface area contributed by atoms with Crippen molar-refractivity contribution < 1.29 is 14.3 Å². The molecule has 0 spiro atoms. The van der Waals surface area contributed by atoms with Gasteiger partial charge in [0.05, 0.1) is 12.1 Å². The molecule has 3 aromatic rings. The summed E-state index contributed by atoms with van der Waals surface area (Å²) in [6.07, 6.45) is 1.20. The summed E-state index contributed by atoms with van der Waals surface area (Å²) in [6, 6.07) is 14.9. The average Bonchev–Trinajstić information content (AvgIpc) is 3.30. The van der Waals surface area contributed by atoms with Crippen LogP contribution in [0.25, 0.3) is 0 Å². The molecule has 0 radical (unpaired) electrons. The molecule has 8 heteroatoms. The van der Waals surface area contributed by atoms with Crippen molar-refractivity contribution in [3.63, 3.8) is 0 Å². The topological polar surface area (TPSA) is 62.7 Å². The number of halogens is 1. The molecular formula is C25H26ClN3O3S. The van der Waals surface area contributed by atoms with Crippen LogP contribution in [0, 0.1) is 0 Å². The molecule has 0 aliphatic carbocycles. The highest BCUT2D eigenvalue weighted by atomic mass is 35.5. The molecule has 33 heavy (non-hydrogen) atoms. The normalized spacial score (nSPS) is 13.8. The predicted molar refractivity (Wildman–Crippen MR) is 130 cm³/mol. The number of ether oxygens (including phenoxy) is 1. The minimum absolute atomic E-state index is 0.0228. The van der Waals surface area contributed by atoms with Crippen molar-refractivity contribution in [3.05, 3.63) is 80.8 Å². The summed E-state index contributed by atoms with van der Waals surface area (Å²) in [5.41, 5.74) is 2.65. The van der Waals surface area contributed by atoms with Gasteiger partial charge in [-0.25, -0.2) is 4.98 Å². The van der Waals surface area contributed by atoms with E-state index in [1.807, 2.05) is 51.6 Å². The molecular weight excluding hydrogens is 458 g/mol. The Morgan fingerprint density at radius 3 is 2.33 bits per heavy atom. The molecule has 6 nitrogen and oxygen atoms in total. The summed E-state index contributed by atoms with van der Waals surface area (Å²) < 4.78 is 5.72. The molecule has 2 aromatic carbocycles. The van der Waals surface area contributed by atoms with E-state index < -0.39 is 0 Å². The number of rotatable bonds is 7. The van der Waals surface area contributed by atoms with Crippen LogP contribution in [0.5, 0.6) is 5.75 Å². The monoisotopic (exact) mass is 483 g/mol. The lowest BCUT2D eigenvalue weighted by Gasteiger charge is -2.34. The van der Waals surface area contributed by atoms with Crippen LogP contribution in [0.4, 0.5) is 0 Å². The quantitative estimate of drug-likeness (QED) is 0.497. The summed E-state index contributed by atoms with van der Waals surface area (Å²) in [4.78, 5) is 33.7. The van der Waals surface area contributed by atoms with Gasteiger partial charge in [0, 0.05) is 42.1 Å². The number of thiazole rings is 1. The van der Waals surface area contributed by atoms with Crippen LogP contribution in [0.3, 0.4) is 0 Å². The van der Waals surface area contributed by atoms with Crippen LogP contribution in [0.15, 0.2) is 53.9 Å². The molecule has 1 fully saturated rings. The van der Waals surface area contributed by atoms with Gasteiger partial charge in [-0.2, -0.15) is 0 Å². The second-order valence-corrected chi connectivity index (χ2v) is 9.25. The molecule has 1 aliphatic rings. The maximum atomic E-state index is 12.7. The molecule has 1 saturated heterocycles. The first-order valence-electron chi connectivity index (χ1n) is 11.0. The molecule has 172 valence electrons. The van der Waals surface area contributed by atoms with Gasteiger partial charge < -0.3 is 14.5 Å². The van der Waals surface area contributed by atoms with Crippen molar-refractivity contribution in [3.8, 4) is 5.75 Å². The zero-order valence-electron chi connectivity index (χ0n) is 18.5. The van der Waals surface area contributed by atoms with Crippen LogP contribution in [0.1, 0.15) is 33.5 Å². The van der Waals surface area contributed by atoms with E-state index in [0.29, 0.717) is 43.4 Å². The highest BCUT2D eigenvalue weighted by molar-refractivity contribution is 7.09. The van der Waals surface area contributed by atoms with Crippen LogP contribution >= 0.6 is 22.9 Å². The Morgan fingerprint density at radius 2 is 1.67 bits per heavy atom. The van der Waals surface area contributed by atoms with Crippen LogP contribution in [-0.2, 0) is 24.2 Å². The third kappa shape index (κ3) is 6.12. The number of carbonyl (C=O) groups is 2. The highest BCUT2D eigenvalue weighted by Crippen LogP contribution is 2.19. The lowest BCUT2D eigenvalue weighted by atomic mass is 10.1. The number of carbonyl (C=O) groups excluding carboxylic acids is 2. The van der Waals surface area contributed by atoms with E-state index in [1.54, 1.807) is 12.1 Å². The number of hydrogen-bond donors (Lipinski definition) is 0. The van der Waals surface area contributed by atoms with Gasteiger partial charge in [-0.05, 0) is 48.4 Å². The molecule has 0 unspecified atom stereocenters. The third-order valence-electron chi connectivity index (χ3n) is 5.64. The lowest BCUT2D eigenvalue weighted by Crippen LogP contribution is -2.51. The van der Waals surface area contributed by atoms with Crippen molar-refractivity contribution in [2.75, 3.05) is 26.2 Å². The first kappa shape index (κ1) is 23.3. The second-order valence-electron chi connectivity index (χ2n) is 7.88. The van der Waals surface area contributed by atoms with Gasteiger partial charge in [-0.15, -0.1) is 11.3 Å². The standard InChI is InChI=1S/C25H26ClN3O3S/c1-2-18-3-5-19(6-4-18)25(31)29-13-11-28(12-14-29)24(30)15-21-17-33-23(27-21)16-32-22-9-7-20(26)8-10-22/h3-10,17H,2,11-16H2,1H3. The van der Waals surface area contributed by atoms with Gasteiger partial charge in [0.1, 0.15) is 17.4 Å². The molecule has 0 bridgehead atoms. The molecule has 1 aromatic heterocycles. The number of amides is 2. The fourth-order valence-corrected chi connectivity index (χ4v) is 4.49. The van der Waals surface area contributed by atoms with Gasteiger partial charge in [0.15, 0.2) is 0 Å². The molecule has 2 heterocycles. The summed E-state index contributed by atoms with van der Waals surface area (Å²) in [6.45, 7) is 4.59. The summed E-state index contributed by atoms with van der Waals surface area (Å²) in [5, 5.41) is 3.38. The Kier molecular flexibility index (Phi) is 7.62. The number of aryl methyl sites for hydroxylation is 1. The van der Waals surface area contributed by atoms with Gasteiger partial charge in [-0.3, -0.25) is 9.59 Å². The Hall–Kier alpha value is -2.90. The maximum Gasteiger partial charge on any atom is 0.253 e. The fourth-order valence-electron chi connectivity index (χ4n) is 3.66. The van der Waals surface area contributed by atoms with Crippen LogP contribution in [-0.4, -0.2) is 52.8 Å². The third-order valence-corrected chi connectivity index (χ3v) is 6.76. The first-order valence-corrected chi connectivity index (χ1v) is 12.2. The molecule has 1 aliphatic heterocycles. The number of piperazine rings is 1. The van der Waals surface area contributed by atoms with Gasteiger partial charge >= 0.3 is 0 Å². The Morgan fingerprint density at radius 1 is 1.00 bits per heavy atom. The minimum Gasteiger partial charge on any atom is -0.486 e. The van der Waals surface area contributed by atoms with Crippen LogP contribution < -0.4 is 4.74 Å².